The normalized spacial score (nSPS) is 12.0. The highest BCUT2D eigenvalue weighted by Crippen LogP contribution is 2.41. The summed E-state index contributed by atoms with van der Waals surface area (Å²) < 4.78 is 11.6. The van der Waals surface area contributed by atoms with E-state index in [0.29, 0.717) is 11.5 Å². The summed E-state index contributed by atoms with van der Waals surface area (Å²) in [6, 6.07) is 5.55. The van der Waals surface area contributed by atoms with E-state index in [1.165, 1.54) is 0 Å². The molecule has 0 fully saturated rings. The van der Waals surface area contributed by atoms with Crippen LogP contribution in [-0.4, -0.2) is 19.2 Å². The second kappa shape index (κ2) is 6.89. The second-order valence-corrected chi connectivity index (χ2v) is 5.33. The monoisotopic (exact) mass is 351 g/mol. The molecule has 1 atom stereocenters. The average Bonchev–Trinajstić information content (AvgIpc) is 2.50. The smallest absolute Gasteiger partial charge is 0.141 e. The number of rotatable bonds is 5. The Morgan fingerprint density at radius 2 is 1.95 bits per heavy atom. The van der Waals surface area contributed by atoms with Gasteiger partial charge in [-0.25, -0.2) is 5.43 Å². The number of ether oxygens (including phenoxy) is 2. The number of halogens is 1. The topological polar surface area (TPSA) is 69.4 Å². The van der Waals surface area contributed by atoms with Gasteiger partial charge in [0.15, 0.2) is 0 Å². The highest BCUT2D eigenvalue weighted by Gasteiger charge is 2.22. The van der Waals surface area contributed by atoms with Gasteiger partial charge in [-0.05, 0) is 52.2 Å². The fourth-order valence-corrected chi connectivity index (χ4v) is 2.99. The van der Waals surface area contributed by atoms with E-state index in [-0.39, 0.29) is 6.04 Å². The summed E-state index contributed by atoms with van der Waals surface area (Å²) in [6.07, 6.45) is 3.56. The summed E-state index contributed by atoms with van der Waals surface area (Å²) in [5.41, 5.74) is 5.86. The molecule has 0 saturated carbocycles. The molecule has 1 unspecified atom stereocenters. The third kappa shape index (κ3) is 3.02. The molecular formula is C15H18BrN3O2. The zero-order chi connectivity index (χ0) is 15.4. The Balaban J connectivity index is 2.58. The van der Waals surface area contributed by atoms with Gasteiger partial charge in [-0.15, -0.1) is 0 Å². The molecule has 3 N–H and O–H groups in total. The third-order valence-electron chi connectivity index (χ3n) is 3.37. The fraction of sp³-hybridized carbons (Fsp3) is 0.267. The maximum atomic E-state index is 5.78. The number of aryl methyl sites for hydroxylation is 1. The first-order valence-electron chi connectivity index (χ1n) is 6.41. The maximum absolute atomic E-state index is 5.78. The molecule has 0 aliphatic heterocycles. The number of aromatic nitrogens is 1. The highest BCUT2D eigenvalue weighted by molar-refractivity contribution is 9.10. The Labute approximate surface area is 132 Å². The van der Waals surface area contributed by atoms with Crippen molar-refractivity contribution in [3.8, 4) is 11.5 Å². The molecule has 21 heavy (non-hydrogen) atoms. The molecule has 1 aromatic heterocycles. The molecule has 0 aliphatic rings. The molecule has 0 bridgehead atoms. The summed E-state index contributed by atoms with van der Waals surface area (Å²) in [7, 11) is 3.24. The number of methoxy groups -OCH3 is 2. The minimum absolute atomic E-state index is 0.204. The van der Waals surface area contributed by atoms with Gasteiger partial charge >= 0.3 is 0 Å². The maximum Gasteiger partial charge on any atom is 0.141 e. The van der Waals surface area contributed by atoms with Gasteiger partial charge in [0.1, 0.15) is 16.0 Å². The summed E-state index contributed by atoms with van der Waals surface area (Å²) in [5, 5.41) is 0. The van der Waals surface area contributed by atoms with E-state index < -0.39 is 0 Å². The largest absolute Gasteiger partial charge is 0.495 e. The van der Waals surface area contributed by atoms with Gasteiger partial charge in [-0.1, -0.05) is 0 Å². The first kappa shape index (κ1) is 15.8. The van der Waals surface area contributed by atoms with E-state index in [0.717, 1.165) is 21.2 Å². The number of benzene rings is 1. The van der Waals surface area contributed by atoms with Crippen molar-refractivity contribution in [1.82, 2.24) is 10.4 Å². The Kier molecular flexibility index (Phi) is 5.17. The molecular weight excluding hydrogens is 334 g/mol. The van der Waals surface area contributed by atoms with Crippen molar-refractivity contribution in [3.63, 3.8) is 0 Å². The molecule has 2 aromatic rings. The van der Waals surface area contributed by atoms with Crippen molar-refractivity contribution >= 4 is 15.9 Å². The lowest BCUT2D eigenvalue weighted by atomic mass is 9.96. The van der Waals surface area contributed by atoms with Crippen LogP contribution >= 0.6 is 15.9 Å². The van der Waals surface area contributed by atoms with Crippen LogP contribution in [0.3, 0.4) is 0 Å². The number of nitrogens with zero attached hydrogens (tertiary/aromatic N) is 1. The van der Waals surface area contributed by atoms with Gasteiger partial charge in [0, 0.05) is 18.0 Å². The fourth-order valence-electron chi connectivity index (χ4n) is 2.30. The molecule has 0 amide bonds. The van der Waals surface area contributed by atoms with Crippen molar-refractivity contribution in [1.29, 1.82) is 0 Å². The van der Waals surface area contributed by atoms with Gasteiger partial charge in [0.25, 0.3) is 0 Å². The van der Waals surface area contributed by atoms with Crippen molar-refractivity contribution in [2.45, 2.75) is 13.0 Å². The van der Waals surface area contributed by atoms with Gasteiger partial charge in [0.05, 0.1) is 20.3 Å². The summed E-state index contributed by atoms with van der Waals surface area (Å²) in [4.78, 5) is 4.11. The molecule has 0 spiro atoms. The molecule has 112 valence electrons. The van der Waals surface area contributed by atoms with Crippen LogP contribution in [0, 0.1) is 6.92 Å². The van der Waals surface area contributed by atoms with E-state index >= 15 is 0 Å². The molecule has 5 nitrogen and oxygen atoms in total. The van der Waals surface area contributed by atoms with Crippen molar-refractivity contribution in [2.75, 3.05) is 14.2 Å². The minimum atomic E-state index is -0.204. The molecule has 1 aromatic carbocycles. The summed E-state index contributed by atoms with van der Waals surface area (Å²) in [6.45, 7) is 2.00. The summed E-state index contributed by atoms with van der Waals surface area (Å²) in [5.74, 6) is 7.17. The van der Waals surface area contributed by atoms with Crippen LogP contribution in [0.1, 0.15) is 22.7 Å². The Bertz CT molecular complexity index is 634. The highest BCUT2D eigenvalue weighted by atomic mass is 79.9. The van der Waals surface area contributed by atoms with E-state index in [1.807, 2.05) is 31.3 Å². The van der Waals surface area contributed by atoms with E-state index in [9.17, 15) is 0 Å². The van der Waals surface area contributed by atoms with Gasteiger partial charge in [0.2, 0.25) is 0 Å². The first-order chi connectivity index (χ1) is 10.1. The lowest BCUT2D eigenvalue weighted by Crippen LogP contribution is -2.29. The Morgan fingerprint density at radius 3 is 2.52 bits per heavy atom. The minimum Gasteiger partial charge on any atom is -0.495 e. The average molecular weight is 352 g/mol. The van der Waals surface area contributed by atoms with Gasteiger partial charge < -0.3 is 9.47 Å². The van der Waals surface area contributed by atoms with Crippen LogP contribution < -0.4 is 20.7 Å². The number of hydrazine groups is 1. The van der Waals surface area contributed by atoms with Crippen LogP contribution in [0.15, 0.2) is 35.1 Å². The predicted octanol–water partition coefficient (Wildman–Crippen LogP) is 2.72. The van der Waals surface area contributed by atoms with Crippen LogP contribution in [0.2, 0.25) is 0 Å². The van der Waals surface area contributed by atoms with E-state index in [1.54, 1.807) is 20.4 Å². The van der Waals surface area contributed by atoms with Crippen LogP contribution in [-0.2, 0) is 0 Å². The molecule has 0 aliphatic carbocycles. The number of hydrogen-bond acceptors (Lipinski definition) is 5. The summed E-state index contributed by atoms with van der Waals surface area (Å²) >= 11 is 3.51. The number of nitrogens with one attached hydrogen (secondary N) is 1. The third-order valence-corrected chi connectivity index (χ3v) is 4.12. The first-order valence-corrected chi connectivity index (χ1v) is 7.20. The zero-order valence-electron chi connectivity index (χ0n) is 12.2. The van der Waals surface area contributed by atoms with Crippen LogP contribution in [0.5, 0.6) is 11.5 Å². The van der Waals surface area contributed by atoms with Crippen molar-refractivity contribution in [2.24, 2.45) is 5.84 Å². The quantitative estimate of drug-likeness (QED) is 0.640. The Morgan fingerprint density at radius 1 is 1.19 bits per heavy atom. The molecule has 0 saturated heterocycles. The van der Waals surface area contributed by atoms with Crippen molar-refractivity contribution < 1.29 is 9.47 Å². The van der Waals surface area contributed by atoms with E-state index in [4.69, 9.17) is 15.3 Å². The van der Waals surface area contributed by atoms with Crippen LogP contribution in [0.25, 0.3) is 0 Å². The SMILES string of the molecule is COc1ccc(C(NN)c2ccncc2C)c(OC)c1Br. The van der Waals surface area contributed by atoms with Crippen LogP contribution in [0.4, 0.5) is 0 Å². The molecule has 1 heterocycles. The van der Waals surface area contributed by atoms with E-state index in [2.05, 4.69) is 26.3 Å². The van der Waals surface area contributed by atoms with Crippen molar-refractivity contribution in [3.05, 3.63) is 51.8 Å². The lowest BCUT2D eigenvalue weighted by molar-refractivity contribution is 0.382. The zero-order valence-corrected chi connectivity index (χ0v) is 13.8. The second-order valence-electron chi connectivity index (χ2n) is 4.54. The lowest BCUT2D eigenvalue weighted by Gasteiger charge is -2.22. The molecule has 0 radical (unpaired) electrons. The Hall–Kier alpha value is -1.63. The molecule has 6 heteroatoms. The standard InChI is InChI=1S/C15H18BrN3O2/c1-9-8-18-7-6-10(9)14(19-17)11-4-5-12(20-2)13(16)15(11)21-3/h4-8,14,19H,17H2,1-3H3. The number of hydrogen-bond donors (Lipinski definition) is 2. The van der Waals surface area contributed by atoms with Gasteiger partial charge in [-0.3, -0.25) is 10.8 Å². The number of nitrogens with two attached hydrogens (primary N) is 1. The van der Waals surface area contributed by atoms with Gasteiger partial charge in [-0.2, -0.15) is 0 Å². The molecule has 2 rings (SSSR count). The number of pyridine rings is 1. The predicted molar refractivity (Wildman–Crippen MR) is 85.4 cm³/mol.